The lowest BCUT2D eigenvalue weighted by Gasteiger charge is -2.26. The first-order valence-corrected chi connectivity index (χ1v) is 6.82. The molecule has 0 radical (unpaired) electrons. The Kier molecular flexibility index (Phi) is 4.62. The van der Waals surface area contributed by atoms with Crippen molar-refractivity contribution in [3.05, 3.63) is 29.8 Å². The van der Waals surface area contributed by atoms with E-state index in [2.05, 4.69) is 12.2 Å². The molecule has 1 unspecified atom stereocenters. The van der Waals surface area contributed by atoms with Crippen LogP contribution in [0.1, 0.15) is 50.6 Å². The molecule has 0 fully saturated rings. The van der Waals surface area contributed by atoms with Gasteiger partial charge >= 0.3 is 0 Å². The van der Waals surface area contributed by atoms with Gasteiger partial charge in [0.05, 0.1) is 12.6 Å². The van der Waals surface area contributed by atoms with Crippen LogP contribution in [0.25, 0.3) is 0 Å². The highest BCUT2D eigenvalue weighted by Crippen LogP contribution is 2.31. The van der Waals surface area contributed by atoms with Gasteiger partial charge in [-0.2, -0.15) is 0 Å². The molecule has 1 aliphatic heterocycles. The summed E-state index contributed by atoms with van der Waals surface area (Å²) in [7, 11) is 0. The highest BCUT2D eigenvalue weighted by atomic mass is 16.5. The van der Waals surface area contributed by atoms with Crippen LogP contribution in [0.5, 0.6) is 5.75 Å². The molecule has 2 rings (SSSR count). The van der Waals surface area contributed by atoms with Crippen molar-refractivity contribution in [2.75, 3.05) is 6.61 Å². The lowest BCUT2D eigenvalue weighted by molar-refractivity contribution is -0.122. The molecule has 0 saturated heterocycles. The molecular weight excluding hydrogens is 226 g/mol. The molecule has 0 aliphatic carbocycles. The number of carbonyl (C=O) groups is 1. The number of hydrogen-bond acceptors (Lipinski definition) is 2. The number of amides is 1. The van der Waals surface area contributed by atoms with Crippen LogP contribution >= 0.6 is 0 Å². The summed E-state index contributed by atoms with van der Waals surface area (Å²) < 4.78 is 5.58. The molecule has 1 heterocycles. The average molecular weight is 247 g/mol. The first-order chi connectivity index (χ1) is 8.81. The Morgan fingerprint density at radius 2 is 2.22 bits per heavy atom. The molecule has 0 spiro atoms. The van der Waals surface area contributed by atoms with Crippen molar-refractivity contribution in [3.63, 3.8) is 0 Å². The Bertz CT molecular complexity index is 403. The highest BCUT2D eigenvalue weighted by Gasteiger charge is 2.22. The van der Waals surface area contributed by atoms with Gasteiger partial charge in [-0.25, -0.2) is 0 Å². The lowest BCUT2D eigenvalue weighted by Crippen LogP contribution is -2.31. The first kappa shape index (κ1) is 12.9. The van der Waals surface area contributed by atoms with Gasteiger partial charge in [0.2, 0.25) is 5.91 Å². The predicted molar refractivity (Wildman–Crippen MR) is 71.6 cm³/mol. The molecular formula is C15H21NO2. The standard InChI is InChI=1S/C15H21NO2/c1-2-3-4-9-15(17)16-13-10-11-18-14-8-6-5-7-12(13)14/h5-8,13H,2-4,9-11H2,1H3,(H,16,17). The SMILES string of the molecule is CCCCCC(=O)NC1CCOc2ccccc21. The third kappa shape index (κ3) is 3.25. The molecule has 18 heavy (non-hydrogen) atoms. The van der Waals surface area contributed by atoms with E-state index < -0.39 is 0 Å². The second-order valence-corrected chi connectivity index (χ2v) is 4.75. The summed E-state index contributed by atoms with van der Waals surface area (Å²) in [5, 5.41) is 3.12. The van der Waals surface area contributed by atoms with Crippen molar-refractivity contribution in [3.8, 4) is 5.75 Å². The van der Waals surface area contributed by atoms with E-state index in [0.29, 0.717) is 13.0 Å². The minimum Gasteiger partial charge on any atom is -0.493 e. The predicted octanol–water partition coefficient (Wildman–Crippen LogP) is 3.21. The van der Waals surface area contributed by atoms with Crippen molar-refractivity contribution in [1.29, 1.82) is 0 Å². The molecule has 0 aromatic heterocycles. The van der Waals surface area contributed by atoms with E-state index in [1.807, 2.05) is 24.3 Å². The topological polar surface area (TPSA) is 38.3 Å². The van der Waals surface area contributed by atoms with Gasteiger partial charge in [-0.05, 0) is 12.5 Å². The van der Waals surface area contributed by atoms with Crippen LogP contribution in [0.3, 0.4) is 0 Å². The second kappa shape index (κ2) is 6.43. The van der Waals surface area contributed by atoms with Crippen LogP contribution in [0.2, 0.25) is 0 Å². The number of hydrogen-bond donors (Lipinski definition) is 1. The van der Waals surface area contributed by atoms with Crippen molar-refractivity contribution in [1.82, 2.24) is 5.32 Å². The third-order valence-corrected chi connectivity index (χ3v) is 3.30. The van der Waals surface area contributed by atoms with Crippen LogP contribution < -0.4 is 10.1 Å². The molecule has 3 heteroatoms. The summed E-state index contributed by atoms with van der Waals surface area (Å²) in [5.74, 6) is 1.06. The Hall–Kier alpha value is -1.51. The van der Waals surface area contributed by atoms with Crippen molar-refractivity contribution in [2.45, 2.75) is 45.1 Å². The summed E-state index contributed by atoms with van der Waals surface area (Å²) in [6.45, 7) is 2.82. The third-order valence-electron chi connectivity index (χ3n) is 3.30. The van der Waals surface area contributed by atoms with Gasteiger partial charge in [-0.3, -0.25) is 4.79 Å². The highest BCUT2D eigenvalue weighted by molar-refractivity contribution is 5.76. The molecule has 1 aromatic rings. The van der Waals surface area contributed by atoms with Gasteiger partial charge in [0.1, 0.15) is 5.75 Å². The fourth-order valence-electron chi connectivity index (χ4n) is 2.29. The number of unbranched alkanes of at least 4 members (excludes halogenated alkanes) is 2. The van der Waals surface area contributed by atoms with Gasteiger partial charge in [-0.15, -0.1) is 0 Å². The molecule has 1 N–H and O–H groups in total. The molecule has 1 aromatic carbocycles. The zero-order valence-corrected chi connectivity index (χ0v) is 10.9. The summed E-state index contributed by atoms with van der Waals surface area (Å²) >= 11 is 0. The van der Waals surface area contributed by atoms with E-state index in [1.165, 1.54) is 0 Å². The van der Waals surface area contributed by atoms with Crippen molar-refractivity contribution >= 4 is 5.91 Å². The number of nitrogens with one attached hydrogen (secondary N) is 1. The molecule has 1 aliphatic rings. The van der Waals surface area contributed by atoms with Crippen LogP contribution in [0.15, 0.2) is 24.3 Å². The molecule has 1 amide bonds. The Morgan fingerprint density at radius 1 is 1.39 bits per heavy atom. The summed E-state index contributed by atoms with van der Waals surface area (Å²) in [5.41, 5.74) is 1.10. The van der Waals surface area contributed by atoms with Gasteiger partial charge in [-0.1, -0.05) is 38.0 Å². The maximum atomic E-state index is 11.8. The van der Waals surface area contributed by atoms with Gasteiger partial charge in [0.25, 0.3) is 0 Å². The minimum absolute atomic E-state index is 0.115. The first-order valence-electron chi connectivity index (χ1n) is 6.82. The largest absolute Gasteiger partial charge is 0.493 e. The van der Waals surface area contributed by atoms with E-state index in [0.717, 1.165) is 37.0 Å². The summed E-state index contributed by atoms with van der Waals surface area (Å²) in [6.07, 6.45) is 4.74. The van der Waals surface area contributed by atoms with Crippen LogP contribution in [0, 0.1) is 0 Å². The fourth-order valence-corrected chi connectivity index (χ4v) is 2.29. The number of rotatable bonds is 5. The number of para-hydroxylation sites is 1. The minimum atomic E-state index is 0.115. The van der Waals surface area contributed by atoms with E-state index in [-0.39, 0.29) is 11.9 Å². The maximum absolute atomic E-state index is 11.8. The fraction of sp³-hybridized carbons (Fsp3) is 0.533. The zero-order valence-electron chi connectivity index (χ0n) is 10.9. The second-order valence-electron chi connectivity index (χ2n) is 4.75. The number of fused-ring (bicyclic) bond motifs is 1. The average Bonchev–Trinajstić information content (AvgIpc) is 2.39. The Labute approximate surface area is 109 Å². The number of benzene rings is 1. The normalized spacial score (nSPS) is 17.7. The smallest absolute Gasteiger partial charge is 0.220 e. The maximum Gasteiger partial charge on any atom is 0.220 e. The van der Waals surface area contributed by atoms with Gasteiger partial charge < -0.3 is 10.1 Å². The van der Waals surface area contributed by atoms with E-state index in [1.54, 1.807) is 0 Å². The van der Waals surface area contributed by atoms with Gasteiger partial charge in [0, 0.05) is 18.4 Å². The van der Waals surface area contributed by atoms with Crippen LogP contribution in [-0.4, -0.2) is 12.5 Å². The van der Waals surface area contributed by atoms with Crippen LogP contribution in [0.4, 0.5) is 0 Å². The van der Waals surface area contributed by atoms with E-state index >= 15 is 0 Å². The van der Waals surface area contributed by atoms with Crippen molar-refractivity contribution in [2.24, 2.45) is 0 Å². The van der Waals surface area contributed by atoms with Crippen molar-refractivity contribution < 1.29 is 9.53 Å². The quantitative estimate of drug-likeness (QED) is 0.811. The Morgan fingerprint density at radius 3 is 3.06 bits per heavy atom. The van der Waals surface area contributed by atoms with Gasteiger partial charge in [0.15, 0.2) is 0 Å². The van der Waals surface area contributed by atoms with E-state index in [9.17, 15) is 4.79 Å². The summed E-state index contributed by atoms with van der Waals surface area (Å²) in [4.78, 5) is 11.8. The number of carbonyl (C=O) groups excluding carboxylic acids is 1. The molecule has 3 nitrogen and oxygen atoms in total. The lowest BCUT2D eigenvalue weighted by atomic mass is 10.0. The van der Waals surface area contributed by atoms with E-state index in [4.69, 9.17) is 4.74 Å². The molecule has 0 bridgehead atoms. The summed E-state index contributed by atoms with van der Waals surface area (Å²) in [6, 6.07) is 8.06. The Balaban J connectivity index is 1.92. The van der Waals surface area contributed by atoms with Crippen LogP contribution in [-0.2, 0) is 4.79 Å². The zero-order chi connectivity index (χ0) is 12.8. The number of ether oxygens (including phenoxy) is 1. The molecule has 1 atom stereocenters. The molecule has 0 saturated carbocycles. The monoisotopic (exact) mass is 247 g/mol. The molecule has 98 valence electrons.